The van der Waals surface area contributed by atoms with Crippen LogP contribution in [0.2, 0.25) is 0 Å². The molecule has 80 valence electrons. The van der Waals surface area contributed by atoms with Gasteiger partial charge in [0.2, 0.25) is 0 Å². The summed E-state index contributed by atoms with van der Waals surface area (Å²) in [5.41, 5.74) is 0. The first-order chi connectivity index (χ1) is 7.31. The maximum absolute atomic E-state index is 11.1. The molecule has 0 aliphatic heterocycles. The van der Waals surface area contributed by atoms with Gasteiger partial charge in [-0.2, -0.15) is 0 Å². The van der Waals surface area contributed by atoms with Crippen LogP contribution in [0.25, 0.3) is 10.8 Å². The third-order valence-electron chi connectivity index (χ3n) is 2.16. The number of carbonyl (C=O) groups is 1. The number of hydrogen-bond acceptors (Lipinski definition) is 2. The molecule has 1 N–H and O–H groups in total. The molecule has 0 spiro atoms. The summed E-state index contributed by atoms with van der Waals surface area (Å²) in [6, 6.07) is 13.4. The van der Waals surface area contributed by atoms with Crippen molar-refractivity contribution in [2.75, 3.05) is 7.05 Å². The van der Waals surface area contributed by atoms with Gasteiger partial charge in [0, 0.05) is 12.4 Å². The number of benzene rings is 2. The van der Waals surface area contributed by atoms with Crippen LogP contribution in [0, 0.1) is 0 Å². The van der Waals surface area contributed by atoms with Gasteiger partial charge in [-0.25, -0.2) is 4.79 Å². The average molecular weight is 243 g/mol. The molecule has 16 heavy (non-hydrogen) atoms. The van der Waals surface area contributed by atoms with E-state index in [2.05, 4.69) is 5.32 Å². The molecule has 0 aromatic heterocycles. The van der Waals surface area contributed by atoms with Gasteiger partial charge in [-0.15, -0.1) is 0 Å². The molecule has 2 rings (SSSR count). The van der Waals surface area contributed by atoms with Crippen LogP contribution in [-0.2, 0) is 0 Å². The van der Waals surface area contributed by atoms with Crippen molar-refractivity contribution in [2.24, 2.45) is 0 Å². The first-order valence-electron chi connectivity index (χ1n) is 4.68. The van der Waals surface area contributed by atoms with Gasteiger partial charge in [0.05, 0.1) is 0 Å². The minimum absolute atomic E-state index is 0. The van der Waals surface area contributed by atoms with Gasteiger partial charge in [0.25, 0.3) is 0 Å². The number of carbonyl (C=O) groups excluding carboxylic acids is 1. The van der Waals surface area contributed by atoms with Crippen LogP contribution in [-0.4, -0.2) is 50.9 Å². The summed E-state index contributed by atoms with van der Waals surface area (Å²) in [6.07, 6.45) is -0.452. The van der Waals surface area contributed by atoms with Crippen LogP contribution in [0.4, 0.5) is 4.79 Å². The summed E-state index contributed by atoms with van der Waals surface area (Å²) >= 11 is 0. The molecule has 0 saturated carbocycles. The number of fused-ring (bicyclic) bond motifs is 1. The van der Waals surface area contributed by atoms with Gasteiger partial charge in [-0.3, -0.25) is 0 Å². The fraction of sp³-hybridized carbons (Fsp3) is 0.0833. The van der Waals surface area contributed by atoms with E-state index in [4.69, 9.17) is 4.74 Å². The topological polar surface area (TPSA) is 38.3 Å². The fourth-order valence-electron chi connectivity index (χ4n) is 1.44. The second-order valence-corrected chi connectivity index (χ2v) is 3.12. The predicted molar refractivity (Wildman–Crippen MR) is 67.6 cm³/mol. The van der Waals surface area contributed by atoms with Crippen molar-refractivity contribution in [1.29, 1.82) is 0 Å². The monoisotopic (exact) mass is 243 g/mol. The summed E-state index contributed by atoms with van der Waals surface area (Å²) in [5, 5.41) is 4.41. The molecule has 0 radical (unpaired) electrons. The van der Waals surface area contributed by atoms with Crippen LogP contribution in [0.1, 0.15) is 0 Å². The Morgan fingerprint density at radius 2 is 1.81 bits per heavy atom. The maximum atomic E-state index is 11.1. The molecule has 0 aliphatic rings. The quantitative estimate of drug-likeness (QED) is 0.773. The molecule has 0 heterocycles. The standard InChI is InChI=1S/C12H11NO2.Ca.2H/c1-13-12(14)15-11-8-4-6-9-5-2-3-7-10(9)11;;;/h2-8H,1H3,(H,13,14);;;. The van der Waals surface area contributed by atoms with Crippen molar-refractivity contribution in [3.05, 3.63) is 42.5 Å². The molecule has 2 aromatic rings. The summed E-state index contributed by atoms with van der Waals surface area (Å²) in [6.45, 7) is 0. The zero-order valence-electron chi connectivity index (χ0n) is 8.36. The molecule has 0 saturated heterocycles. The fourth-order valence-corrected chi connectivity index (χ4v) is 1.44. The summed E-state index contributed by atoms with van der Waals surface area (Å²) in [7, 11) is 1.54. The van der Waals surface area contributed by atoms with Crippen LogP contribution in [0.5, 0.6) is 5.75 Å². The second kappa shape index (κ2) is 6.09. The summed E-state index contributed by atoms with van der Waals surface area (Å²) in [4.78, 5) is 11.1. The minimum atomic E-state index is -0.452. The Morgan fingerprint density at radius 1 is 1.12 bits per heavy atom. The van der Waals surface area contributed by atoms with Gasteiger partial charge in [-0.05, 0) is 11.5 Å². The molecule has 4 heteroatoms. The van der Waals surface area contributed by atoms with Gasteiger partial charge >= 0.3 is 43.8 Å². The van der Waals surface area contributed by atoms with Crippen LogP contribution in [0.15, 0.2) is 42.5 Å². The number of nitrogens with one attached hydrogen (secondary N) is 1. The Balaban J connectivity index is 0.00000128. The third-order valence-corrected chi connectivity index (χ3v) is 2.16. The molecule has 2 aromatic carbocycles. The Morgan fingerprint density at radius 3 is 2.56 bits per heavy atom. The molecule has 1 amide bonds. The van der Waals surface area contributed by atoms with Crippen molar-refractivity contribution >= 4 is 54.6 Å². The normalized spacial score (nSPS) is 9.31. The van der Waals surface area contributed by atoms with E-state index < -0.39 is 6.09 Å². The Hall–Kier alpha value is -0.770. The van der Waals surface area contributed by atoms with Gasteiger partial charge < -0.3 is 10.1 Å². The Kier molecular flexibility index (Phi) is 5.06. The molecule has 3 nitrogen and oxygen atoms in total. The van der Waals surface area contributed by atoms with E-state index in [9.17, 15) is 4.79 Å². The first kappa shape index (κ1) is 13.3. The van der Waals surface area contributed by atoms with Crippen molar-refractivity contribution in [2.45, 2.75) is 0 Å². The van der Waals surface area contributed by atoms with Crippen molar-refractivity contribution < 1.29 is 9.53 Å². The number of ether oxygens (including phenoxy) is 1. The number of amides is 1. The molecular weight excluding hydrogens is 230 g/mol. The van der Waals surface area contributed by atoms with Crippen molar-refractivity contribution in [3.63, 3.8) is 0 Å². The number of hydrogen-bond donors (Lipinski definition) is 1. The first-order valence-corrected chi connectivity index (χ1v) is 4.68. The molecule has 0 fully saturated rings. The van der Waals surface area contributed by atoms with Crippen LogP contribution < -0.4 is 10.1 Å². The van der Waals surface area contributed by atoms with Gasteiger partial charge in [0.15, 0.2) is 0 Å². The molecular formula is C12H13CaNO2. The average Bonchev–Trinajstić information content (AvgIpc) is 2.29. The predicted octanol–water partition coefficient (Wildman–Crippen LogP) is 1.64. The number of rotatable bonds is 1. The van der Waals surface area contributed by atoms with Gasteiger partial charge in [0.1, 0.15) is 5.75 Å². The van der Waals surface area contributed by atoms with E-state index in [-0.39, 0.29) is 37.7 Å². The summed E-state index contributed by atoms with van der Waals surface area (Å²) in [5.74, 6) is 0.576. The summed E-state index contributed by atoms with van der Waals surface area (Å²) < 4.78 is 5.13. The van der Waals surface area contributed by atoms with Crippen molar-refractivity contribution in [1.82, 2.24) is 5.32 Å². The molecule has 0 bridgehead atoms. The van der Waals surface area contributed by atoms with E-state index in [1.54, 1.807) is 6.07 Å². The second-order valence-electron chi connectivity index (χ2n) is 3.12. The van der Waals surface area contributed by atoms with E-state index in [1.165, 1.54) is 7.05 Å². The van der Waals surface area contributed by atoms with E-state index >= 15 is 0 Å². The third kappa shape index (κ3) is 2.88. The van der Waals surface area contributed by atoms with E-state index in [1.807, 2.05) is 36.4 Å². The van der Waals surface area contributed by atoms with E-state index in [0.717, 1.165) is 10.8 Å². The molecule has 0 aliphatic carbocycles. The zero-order valence-corrected chi connectivity index (χ0v) is 8.36. The zero-order chi connectivity index (χ0) is 10.7. The van der Waals surface area contributed by atoms with Crippen LogP contribution >= 0.6 is 0 Å². The Bertz CT molecular complexity index is 494. The molecule has 0 unspecified atom stereocenters. The van der Waals surface area contributed by atoms with Crippen LogP contribution in [0.3, 0.4) is 0 Å². The Labute approximate surface area is 124 Å². The van der Waals surface area contributed by atoms with Crippen molar-refractivity contribution in [3.8, 4) is 5.75 Å². The molecule has 0 atom stereocenters. The van der Waals surface area contributed by atoms with E-state index in [0.29, 0.717) is 5.75 Å². The SMILES string of the molecule is CNC(=O)Oc1cccc2ccccc12.[CaH2]. The van der Waals surface area contributed by atoms with Gasteiger partial charge in [-0.1, -0.05) is 36.4 Å².